The van der Waals surface area contributed by atoms with Gasteiger partial charge in [-0.15, -0.1) is 0 Å². The van der Waals surface area contributed by atoms with Gasteiger partial charge in [-0.05, 0) is 5.56 Å². The van der Waals surface area contributed by atoms with Gasteiger partial charge >= 0.3 is 0 Å². The minimum Gasteiger partial charge on any atom is -0.480 e. The Labute approximate surface area is 119 Å². The quantitative estimate of drug-likeness (QED) is 0.855. The summed E-state index contributed by atoms with van der Waals surface area (Å²) in [5.74, 6) is 0.611. The lowest BCUT2D eigenvalue weighted by atomic mass is 10.2. The molecule has 1 aromatic carbocycles. The van der Waals surface area contributed by atoms with E-state index in [4.69, 9.17) is 4.74 Å². The van der Waals surface area contributed by atoms with Gasteiger partial charge in [-0.1, -0.05) is 30.3 Å². The van der Waals surface area contributed by atoms with Gasteiger partial charge in [0, 0.05) is 32.5 Å². The second-order valence-electron chi connectivity index (χ2n) is 5.07. The summed E-state index contributed by atoms with van der Waals surface area (Å²) in [6.45, 7) is 3.04. The summed E-state index contributed by atoms with van der Waals surface area (Å²) in [4.78, 5) is 11.5. The van der Waals surface area contributed by atoms with Crippen molar-refractivity contribution in [3.8, 4) is 5.88 Å². The van der Waals surface area contributed by atoms with Crippen LogP contribution in [0.4, 0.5) is 0 Å². The molecule has 1 aliphatic heterocycles. The van der Waals surface area contributed by atoms with Gasteiger partial charge in [-0.25, -0.2) is 4.98 Å². The summed E-state index contributed by atoms with van der Waals surface area (Å²) in [5, 5.41) is 0. The van der Waals surface area contributed by atoms with Gasteiger partial charge in [-0.2, -0.15) is 0 Å². The lowest BCUT2D eigenvalue weighted by Gasteiger charge is -2.19. The van der Waals surface area contributed by atoms with Crippen LogP contribution in [0.1, 0.15) is 17.0 Å². The number of nitrogens with zero attached hydrogens (tertiary/aromatic N) is 3. The minimum absolute atomic E-state index is 0.611. The lowest BCUT2D eigenvalue weighted by Crippen LogP contribution is -2.25. The second-order valence-corrected chi connectivity index (χ2v) is 5.07. The summed E-state index contributed by atoms with van der Waals surface area (Å²) in [7, 11) is 1.63. The molecule has 0 N–H and O–H groups in total. The summed E-state index contributed by atoms with van der Waals surface area (Å²) in [5.41, 5.74) is 3.55. The molecule has 3 rings (SSSR count). The number of hydrogen-bond acceptors (Lipinski definition) is 4. The van der Waals surface area contributed by atoms with Crippen LogP contribution in [0.5, 0.6) is 5.88 Å². The maximum atomic E-state index is 5.16. The standard InChI is InChI=1S/C16H19N3O/c1-20-16-11-17-14-7-9-19(10-8-15(14)18-16)12-13-5-3-2-4-6-13/h2-6,11H,7-10,12H2,1H3. The van der Waals surface area contributed by atoms with E-state index >= 15 is 0 Å². The molecule has 2 heterocycles. The summed E-state index contributed by atoms with van der Waals surface area (Å²) in [6.07, 6.45) is 3.61. The predicted octanol–water partition coefficient (Wildman–Crippen LogP) is 2.09. The molecule has 104 valence electrons. The topological polar surface area (TPSA) is 38.3 Å². The first kappa shape index (κ1) is 13.1. The highest BCUT2D eigenvalue weighted by Gasteiger charge is 2.16. The normalized spacial score (nSPS) is 15.4. The predicted molar refractivity (Wildman–Crippen MR) is 77.7 cm³/mol. The van der Waals surface area contributed by atoms with E-state index in [1.807, 2.05) is 0 Å². The number of rotatable bonds is 3. The van der Waals surface area contributed by atoms with E-state index in [0.29, 0.717) is 5.88 Å². The molecule has 1 aromatic heterocycles. The Morgan fingerprint density at radius 1 is 1.10 bits per heavy atom. The van der Waals surface area contributed by atoms with E-state index in [9.17, 15) is 0 Å². The Kier molecular flexibility index (Phi) is 3.92. The molecule has 2 aromatic rings. The number of hydrogen-bond donors (Lipinski definition) is 0. The van der Waals surface area contributed by atoms with Crippen LogP contribution >= 0.6 is 0 Å². The molecule has 0 unspecified atom stereocenters. The number of methoxy groups -OCH3 is 1. The average Bonchev–Trinajstić information content (AvgIpc) is 2.70. The van der Waals surface area contributed by atoms with Gasteiger partial charge in [0.15, 0.2) is 0 Å². The fraction of sp³-hybridized carbons (Fsp3) is 0.375. The Morgan fingerprint density at radius 2 is 1.85 bits per heavy atom. The third-order valence-electron chi connectivity index (χ3n) is 3.70. The first-order valence-electron chi connectivity index (χ1n) is 7.00. The van der Waals surface area contributed by atoms with Crippen LogP contribution in [0.15, 0.2) is 36.5 Å². The molecular formula is C16H19N3O. The molecule has 0 amide bonds. The Balaban J connectivity index is 1.69. The second kappa shape index (κ2) is 6.01. The van der Waals surface area contributed by atoms with Gasteiger partial charge < -0.3 is 4.74 Å². The Morgan fingerprint density at radius 3 is 2.60 bits per heavy atom. The number of fused-ring (bicyclic) bond motifs is 1. The van der Waals surface area contributed by atoms with Crippen LogP contribution in [-0.2, 0) is 19.4 Å². The third kappa shape index (κ3) is 2.96. The average molecular weight is 269 g/mol. The van der Waals surface area contributed by atoms with Gasteiger partial charge in [0.05, 0.1) is 24.7 Å². The molecule has 0 radical (unpaired) electrons. The highest BCUT2D eigenvalue weighted by Crippen LogP contribution is 2.16. The molecule has 0 saturated carbocycles. The van der Waals surface area contributed by atoms with Gasteiger partial charge in [-0.3, -0.25) is 9.88 Å². The van der Waals surface area contributed by atoms with E-state index in [1.165, 1.54) is 5.56 Å². The van der Waals surface area contributed by atoms with E-state index in [0.717, 1.165) is 43.9 Å². The van der Waals surface area contributed by atoms with E-state index in [1.54, 1.807) is 13.3 Å². The molecule has 0 fully saturated rings. The number of benzene rings is 1. The Hall–Kier alpha value is -1.94. The van der Waals surface area contributed by atoms with Crippen molar-refractivity contribution in [2.45, 2.75) is 19.4 Å². The minimum atomic E-state index is 0.611. The molecule has 0 spiro atoms. The zero-order valence-corrected chi connectivity index (χ0v) is 11.7. The van der Waals surface area contributed by atoms with E-state index < -0.39 is 0 Å². The third-order valence-corrected chi connectivity index (χ3v) is 3.70. The van der Waals surface area contributed by atoms with Crippen molar-refractivity contribution < 1.29 is 4.74 Å². The number of ether oxygens (including phenoxy) is 1. The first-order valence-corrected chi connectivity index (χ1v) is 7.00. The van der Waals surface area contributed by atoms with Crippen molar-refractivity contribution in [3.05, 3.63) is 53.5 Å². The van der Waals surface area contributed by atoms with Crippen LogP contribution in [0.3, 0.4) is 0 Å². The number of aromatic nitrogens is 2. The smallest absolute Gasteiger partial charge is 0.232 e. The molecule has 0 aliphatic carbocycles. The van der Waals surface area contributed by atoms with Crippen LogP contribution in [0.25, 0.3) is 0 Å². The largest absolute Gasteiger partial charge is 0.480 e. The Bertz CT molecular complexity index is 571. The van der Waals surface area contributed by atoms with Crippen molar-refractivity contribution in [3.63, 3.8) is 0 Å². The first-order chi connectivity index (χ1) is 9.85. The fourth-order valence-corrected chi connectivity index (χ4v) is 2.58. The van der Waals surface area contributed by atoms with E-state index in [2.05, 4.69) is 45.2 Å². The van der Waals surface area contributed by atoms with Crippen LogP contribution < -0.4 is 4.74 Å². The highest BCUT2D eigenvalue weighted by atomic mass is 16.5. The zero-order valence-electron chi connectivity index (χ0n) is 11.7. The molecule has 0 saturated heterocycles. The van der Waals surface area contributed by atoms with Crippen molar-refractivity contribution in [2.75, 3.05) is 20.2 Å². The maximum absolute atomic E-state index is 5.16. The van der Waals surface area contributed by atoms with Gasteiger partial charge in [0.1, 0.15) is 0 Å². The summed E-state index contributed by atoms with van der Waals surface area (Å²) < 4.78 is 5.16. The molecule has 1 aliphatic rings. The SMILES string of the molecule is COc1cnc2c(n1)CCN(Cc1ccccc1)CC2. The molecule has 4 heteroatoms. The molecular weight excluding hydrogens is 250 g/mol. The summed E-state index contributed by atoms with van der Waals surface area (Å²) >= 11 is 0. The van der Waals surface area contributed by atoms with Crippen LogP contribution in [0, 0.1) is 0 Å². The fourth-order valence-electron chi connectivity index (χ4n) is 2.58. The lowest BCUT2D eigenvalue weighted by molar-refractivity contribution is 0.278. The van der Waals surface area contributed by atoms with Crippen LogP contribution in [-0.4, -0.2) is 35.1 Å². The van der Waals surface area contributed by atoms with Gasteiger partial charge in [0.25, 0.3) is 0 Å². The van der Waals surface area contributed by atoms with Crippen molar-refractivity contribution in [1.29, 1.82) is 0 Å². The van der Waals surface area contributed by atoms with Crippen LogP contribution in [0.2, 0.25) is 0 Å². The molecule has 0 bridgehead atoms. The molecule has 4 nitrogen and oxygen atoms in total. The highest BCUT2D eigenvalue weighted by molar-refractivity contribution is 5.20. The maximum Gasteiger partial charge on any atom is 0.232 e. The molecule has 20 heavy (non-hydrogen) atoms. The van der Waals surface area contributed by atoms with Gasteiger partial charge in [0.2, 0.25) is 5.88 Å². The zero-order chi connectivity index (χ0) is 13.8. The monoisotopic (exact) mass is 269 g/mol. The van der Waals surface area contributed by atoms with E-state index in [-0.39, 0.29) is 0 Å². The van der Waals surface area contributed by atoms with Crippen molar-refractivity contribution in [1.82, 2.24) is 14.9 Å². The molecule has 0 atom stereocenters. The summed E-state index contributed by atoms with van der Waals surface area (Å²) in [6, 6.07) is 10.6. The van der Waals surface area contributed by atoms with Crippen molar-refractivity contribution >= 4 is 0 Å². The van der Waals surface area contributed by atoms with Crippen molar-refractivity contribution in [2.24, 2.45) is 0 Å².